The minimum Gasteiger partial charge on any atom is -0.370 e. The SMILES string of the molecule is CCCCCC(N)CNC(=S)S. The van der Waals surface area contributed by atoms with Gasteiger partial charge in [0, 0.05) is 12.6 Å². The zero-order valence-electron chi connectivity index (χ0n) is 7.55. The van der Waals surface area contributed by atoms with Crippen LogP contribution in [-0.4, -0.2) is 16.9 Å². The molecule has 72 valence electrons. The molecule has 0 aromatic rings. The van der Waals surface area contributed by atoms with Crippen LogP contribution in [0.15, 0.2) is 0 Å². The van der Waals surface area contributed by atoms with E-state index in [0.29, 0.717) is 4.32 Å². The summed E-state index contributed by atoms with van der Waals surface area (Å²) < 4.78 is 0.529. The van der Waals surface area contributed by atoms with Crippen LogP contribution >= 0.6 is 24.8 Å². The van der Waals surface area contributed by atoms with Crippen LogP contribution in [-0.2, 0) is 0 Å². The second-order valence-corrected chi connectivity index (χ2v) is 4.10. The minimum atomic E-state index is 0.210. The number of thiol groups is 1. The maximum absolute atomic E-state index is 5.81. The zero-order chi connectivity index (χ0) is 9.40. The molecule has 0 saturated carbocycles. The summed E-state index contributed by atoms with van der Waals surface area (Å²) in [6.45, 7) is 2.93. The highest BCUT2D eigenvalue weighted by Crippen LogP contribution is 2.00. The van der Waals surface area contributed by atoms with Crippen molar-refractivity contribution in [1.82, 2.24) is 5.32 Å². The molecule has 12 heavy (non-hydrogen) atoms. The van der Waals surface area contributed by atoms with Crippen molar-refractivity contribution in [3.05, 3.63) is 0 Å². The Labute approximate surface area is 85.7 Å². The Morgan fingerprint density at radius 3 is 2.75 bits per heavy atom. The molecule has 3 N–H and O–H groups in total. The Morgan fingerprint density at radius 2 is 2.25 bits per heavy atom. The van der Waals surface area contributed by atoms with Gasteiger partial charge in [0.25, 0.3) is 0 Å². The van der Waals surface area contributed by atoms with Gasteiger partial charge in [0.05, 0.1) is 0 Å². The highest BCUT2D eigenvalue weighted by atomic mass is 32.1. The standard InChI is InChI=1S/C8H18N2S2/c1-2-3-4-5-7(9)6-10-8(11)12/h7H,2-6,9H2,1H3,(H2,10,11,12). The average Bonchev–Trinajstić information content (AvgIpc) is 2.01. The van der Waals surface area contributed by atoms with Gasteiger partial charge in [0.1, 0.15) is 4.32 Å². The first-order valence-corrected chi connectivity index (χ1v) is 5.24. The van der Waals surface area contributed by atoms with Crippen molar-refractivity contribution < 1.29 is 0 Å². The normalized spacial score (nSPS) is 12.6. The summed E-state index contributed by atoms with van der Waals surface area (Å²) in [7, 11) is 0. The lowest BCUT2D eigenvalue weighted by Gasteiger charge is -2.11. The molecule has 0 bridgehead atoms. The van der Waals surface area contributed by atoms with Gasteiger partial charge in [-0.25, -0.2) is 0 Å². The Bertz CT molecular complexity index is 128. The molecule has 2 nitrogen and oxygen atoms in total. The third kappa shape index (κ3) is 8.30. The number of hydrogen-bond donors (Lipinski definition) is 3. The second-order valence-electron chi connectivity index (χ2n) is 2.94. The number of unbranched alkanes of at least 4 members (excludes halogenated alkanes) is 2. The molecular formula is C8H18N2S2. The van der Waals surface area contributed by atoms with Crippen molar-refractivity contribution in [3.8, 4) is 0 Å². The molecule has 0 amide bonds. The lowest BCUT2D eigenvalue weighted by molar-refractivity contribution is 0.552. The fourth-order valence-electron chi connectivity index (χ4n) is 0.977. The summed E-state index contributed by atoms with van der Waals surface area (Å²) in [5.74, 6) is 0. The van der Waals surface area contributed by atoms with E-state index >= 15 is 0 Å². The summed E-state index contributed by atoms with van der Waals surface area (Å²) >= 11 is 8.69. The predicted octanol–water partition coefficient (Wildman–Crippen LogP) is 1.70. The van der Waals surface area contributed by atoms with Gasteiger partial charge in [-0.15, -0.1) is 12.6 Å². The molecular weight excluding hydrogens is 188 g/mol. The maximum atomic E-state index is 5.81. The smallest absolute Gasteiger partial charge is 0.130 e. The molecule has 0 rings (SSSR count). The topological polar surface area (TPSA) is 38.0 Å². The highest BCUT2D eigenvalue weighted by Gasteiger charge is 2.00. The lowest BCUT2D eigenvalue weighted by atomic mass is 10.1. The summed E-state index contributed by atoms with van der Waals surface area (Å²) in [4.78, 5) is 0. The van der Waals surface area contributed by atoms with Gasteiger partial charge in [-0.05, 0) is 6.42 Å². The first-order valence-electron chi connectivity index (χ1n) is 4.39. The van der Waals surface area contributed by atoms with E-state index < -0.39 is 0 Å². The van der Waals surface area contributed by atoms with Gasteiger partial charge in [-0.2, -0.15) is 0 Å². The Hall–Kier alpha value is 0.200. The van der Waals surface area contributed by atoms with Crippen molar-refractivity contribution in [2.24, 2.45) is 5.73 Å². The number of nitrogens with two attached hydrogens (primary N) is 1. The van der Waals surface area contributed by atoms with E-state index in [0.717, 1.165) is 13.0 Å². The molecule has 0 aliphatic heterocycles. The molecule has 0 aliphatic rings. The highest BCUT2D eigenvalue weighted by molar-refractivity contribution is 8.11. The van der Waals surface area contributed by atoms with Gasteiger partial charge in [-0.1, -0.05) is 38.4 Å². The van der Waals surface area contributed by atoms with E-state index in [-0.39, 0.29) is 6.04 Å². The van der Waals surface area contributed by atoms with Gasteiger partial charge >= 0.3 is 0 Å². The van der Waals surface area contributed by atoms with Crippen LogP contribution < -0.4 is 11.1 Å². The molecule has 0 saturated heterocycles. The number of rotatable bonds is 6. The van der Waals surface area contributed by atoms with Gasteiger partial charge < -0.3 is 11.1 Å². The summed E-state index contributed by atoms with van der Waals surface area (Å²) in [5, 5.41) is 2.94. The Kier molecular flexibility index (Phi) is 7.96. The van der Waals surface area contributed by atoms with Crippen LogP contribution in [0.4, 0.5) is 0 Å². The number of hydrogen-bond acceptors (Lipinski definition) is 2. The largest absolute Gasteiger partial charge is 0.370 e. The summed E-state index contributed by atoms with van der Waals surface area (Å²) in [5.41, 5.74) is 5.81. The van der Waals surface area contributed by atoms with E-state index in [4.69, 9.17) is 18.0 Å². The lowest BCUT2D eigenvalue weighted by Crippen LogP contribution is -2.34. The molecule has 1 atom stereocenters. The molecule has 0 spiro atoms. The molecule has 0 aliphatic carbocycles. The fourth-order valence-corrected chi connectivity index (χ4v) is 1.15. The summed E-state index contributed by atoms with van der Waals surface area (Å²) in [6, 6.07) is 0.210. The quantitative estimate of drug-likeness (QED) is 0.352. The van der Waals surface area contributed by atoms with Gasteiger partial charge in [0.15, 0.2) is 0 Å². The first-order chi connectivity index (χ1) is 5.66. The molecule has 0 radical (unpaired) electrons. The van der Waals surface area contributed by atoms with Crippen molar-refractivity contribution >= 4 is 29.2 Å². The third-order valence-electron chi connectivity index (χ3n) is 1.69. The van der Waals surface area contributed by atoms with Crippen LogP contribution in [0.5, 0.6) is 0 Å². The zero-order valence-corrected chi connectivity index (χ0v) is 9.26. The van der Waals surface area contributed by atoms with Crippen molar-refractivity contribution in [1.29, 1.82) is 0 Å². The monoisotopic (exact) mass is 206 g/mol. The molecule has 0 heterocycles. The van der Waals surface area contributed by atoms with Crippen LogP contribution in [0.2, 0.25) is 0 Å². The molecule has 0 aromatic carbocycles. The second kappa shape index (κ2) is 7.83. The minimum absolute atomic E-state index is 0.210. The van der Waals surface area contributed by atoms with Gasteiger partial charge in [0.2, 0.25) is 0 Å². The average molecular weight is 206 g/mol. The number of thiocarbonyl (C=S) groups is 1. The first kappa shape index (κ1) is 12.2. The summed E-state index contributed by atoms with van der Waals surface area (Å²) in [6.07, 6.45) is 4.78. The number of nitrogens with one attached hydrogen (secondary N) is 1. The van der Waals surface area contributed by atoms with E-state index in [1.165, 1.54) is 19.3 Å². The Morgan fingerprint density at radius 1 is 1.58 bits per heavy atom. The van der Waals surface area contributed by atoms with E-state index in [9.17, 15) is 0 Å². The van der Waals surface area contributed by atoms with E-state index in [1.54, 1.807) is 0 Å². The maximum Gasteiger partial charge on any atom is 0.130 e. The molecule has 0 aromatic heterocycles. The third-order valence-corrected chi connectivity index (χ3v) is 2.00. The van der Waals surface area contributed by atoms with Crippen LogP contribution in [0.25, 0.3) is 0 Å². The van der Waals surface area contributed by atoms with Crippen LogP contribution in [0.3, 0.4) is 0 Å². The Balaban J connectivity index is 3.21. The molecule has 1 unspecified atom stereocenters. The molecule has 0 fully saturated rings. The van der Waals surface area contributed by atoms with Crippen molar-refractivity contribution in [3.63, 3.8) is 0 Å². The molecule has 4 heteroatoms. The van der Waals surface area contributed by atoms with E-state index in [2.05, 4.69) is 24.9 Å². The van der Waals surface area contributed by atoms with Crippen molar-refractivity contribution in [2.75, 3.05) is 6.54 Å². The van der Waals surface area contributed by atoms with Crippen molar-refractivity contribution in [2.45, 2.75) is 38.6 Å². The van der Waals surface area contributed by atoms with E-state index in [1.807, 2.05) is 0 Å². The van der Waals surface area contributed by atoms with Crippen LogP contribution in [0.1, 0.15) is 32.6 Å². The van der Waals surface area contributed by atoms with Gasteiger partial charge in [-0.3, -0.25) is 0 Å². The fraction of sp³-hybridized carbons (Fsp3) is 0.875. The van der Waals surface area contributed by atoms with Crippen LogP contribution in [0, 0.1) is 0 Å². The predicted molar refractivity (Wildman–Crippen MR) is 61.7 cm³/mol.